The van der Waals surface area contributed by atoms with Gasteiger partial charge in [-0.25, -0.2) is 4.79 Å². The molecule has 0 aromatic heterocycles. The van der Waals surface area contributed by atoms with E-state index >= 15 is 0 Å². The summed E-state index contributed by atoms with van der Waals surface area (Å²) in [7, 11) is 3.21. The number of methoxy groups -OCH3 is 2. The van der Waals surface area contributed by atoms with E-state index in [1.165, 1.54) is 0 Å². The highest BCUT2D eigenvalue weighted by Gasteiger charge is 2.36. The molecule has 1 aliphatic carbocycles. The molecule has 1 aliphatic heterocycles. The first-order valence-electron chi connectivity index (χ1n) is 9.60. The zero-order chi connectivity index (χ0) is 19.4. The number of carbonyl (C=O) groups excluding carboxylic acids is 2. The summed E-state index contributed by atoms with van der Waals surface area (Å²) in [5.74, 6) is 1.23. The van der Waals surface area contributed by atoms with Crippen molar-refractivity contribution in [2.75, 3.05) is 33.9 Å². The SMILES string of the molecule is CCNC(=O)N1CC(C(=O)NC2CC2)CC(c2ccc(OC)c(OC)c2)C1. The molecular weight excluding hydrogens is 346 g/mol. The number of carbonyl (C=O) groups is 2. The number of likely N-dealkylation sites (tertiary alicyclic amines) is 1. The first kappa shape index (κ1) is 19.3. The molecule has 2 fully saturated rings. The lowest BCUT2D eigenvalue weighted by molar-refractivity contribution is -0.126. The van der Waals surface area contributed by atoms with Crippen molar-refractivity contribution in [2.24, 2.45) is 5.92 Å². The van der Waals surface area contributed by atoms with Crippen LogP contribution in [0.1, 0.15) is 37.7 Å². The van der Waals surface area contributed by atoms with Crippen molar-refractivity contribution in [2.45, 2.75) is 38.1 Å². The number of benzene rings is 1. The molecule has 0 spiro atoms. The van der Waals surface area contributed by atoms with Crippen LogP contribution >= 0.6 is 0 Å². The third-order valence-electron chi connectivity index (χ3n) is 5.24. The maximum absolute atomic E-state index is 12.7. The number of nitrogens with zero attached hydrogens (tertiary/aromatic N) is 1. The van der Waals surface area contributed by atoms with E-state index in [0.29, 0.717) is 43.6 Å². The predicted octanol–water partition coefficient (Wildman–Crippen LogP) is 2.12. The van der Waals surface area contributed by atoms with Crippen molar-refractivity contribution < 1.29 is 19.1 Å². The topological polar surface area (TPSA) is 79.9 Å². The second-order valence-electron chi connectivity index (χ2n) is 7.27. The molecule has 2 atom stereocenters. The van der Waals surface area contributed by atoms with Gasteiger partial charge in [0.15, 0.2) is 11.5 Å². The summed E-state index contributed by atoms with van der Waals surface area (Å²) in [6.45, 7) is 3.49. The summed E-state index contributed by atoms with van der Waals surface area (Å²) in [4.78, 5) is 26.9. The Kier molecular flexibility index (Phi) is 6.08. The van der Waals surface area contributed by atoms with E-state index in [-0.39, 0.29) is 23.8 Å². The molecule has 1 heterocycles. The van der Waals surface area contributed by atoms with Crippen LogP contribution in [-0.4, -0.2) is 56.7 Å². The number of hydrogen-bond acceptors (Lipinski definition) is 4. The number of rotatable bonds is 6. The molecule has 2 aliphatic rings. The molecule has 1 aromatic rings. The van der Waals surface area contributed by atoms with Crippen LogP contribution < -0.4 is 20.1 Å². The zero-order valence-corrected chi connectivity index (χ0v) is 16.3. The van der Waals surface area contributed by atoms with Crippen LogP contribution in [0.25, 0.3) is 0 Å². The average Bonchev–Trinajstić information content (AvgIpc) is 3.51. The second kappa shape index (κ2) is 8.50. The van der Waals surface area contributed by atoms with Crippen molar-refractivity contribution in [3.63, 3.8) is 0 Å². The Bertz CT molecular complexity index is 690. The highest BCUT2D eigenvalue weighted by Crippen LogP contribution is 2.36. The first-order chi connectivity index (χ1) is 13.0. The van der Waals surface area contributed by atoms with Gasteiger partial charge in [-0.15, -0.1) is 0 Å². The molecule has 2 N–H and O–H groups in total. The van der Waals surface area contributed by atoms with E-state index in [2.05, 4.69) is 10.6 Å². The summed E-state index contributed by atoms with van der Waals surface area (Å²) in [6.07, 6.45) is 2.82. The Balaban J connectivity index is 1.81. The molecular formula is C20H29N3O4. The molecule has 0 bridgehead atoms. The van der Waals surface area contributed by atoms with Crippen molar-refractivity contribution in [1.82, 2.24) is 15.5 Å². The lowest BCUT2D eigenvalue weighted by Gasteiger charge is -2.37. The molecule has 3 rings (SSSR count). The van der Waals surface area contributed by atoms with Crippen LogP contribution in [0.4, 0.5) is 4.79 Å². The van der Waals surface area contributed by atoms with Crippen LogP contribution in [0.15, 0.2) is 18.2 Å². The molecule has 0 radical (unpaired) electrons. The normalized spacial score (nSPS) is 22.1. The van der Waals surface area contributed by atoms with E-state index in [4.69, 9.17) is 9.47 Å². The van der Waals surface area contributed by atoms with Gasteiger partial charge < -0.3 is 25.0 Å². The number of hydrogen-bond donors (Lipinski definition) is 2. The number of ether oxygens (including phenoxy) is 2. The minimum Gasteiger partial charge on any atom is -0.493 e. The Morgan fingerprint density at radius 2 is 1.89 bits per heavy atom. The monoisotopic (exact) mass is 375 g/mol. The minimum atomic E-state index is -0.208. The van der Waals surface area contributed by atoms with Crippen molar-refractivity contribution >= 4 is 11.9 Å². The Morgan fingerprint density at radius 1 is 1.15 bits per heavy atom. The van der Waals surface area contributed by atoms with Gasteiger partial charge in [-0.3, -0.25) is 4.79 Å². The average molecular weight is 375 g/mol. The van der Waals surface area contributed by atoms with Gasteiger partial charge in [-0.05, 0) is 43.9 Å². The number of nitrogens with one attached hydrogen (secondary N) is 2. The van der Waals surface area contributed by atoms with E-state index in [0.717, 1.165) is 18.4 Å². The molecule has 148 valence electrons. The van der Waals surface area contributed by atoms with Gasteiger partial charge in [-0.1, -0.05) is 6.07 Å². The lowest BCUT2D eigenvalue weighted by atomic mass is 9.84. The first-order valence-corrected chi connectivity index (χ1v) is 9.60. The maximum atomic E-state index is 12.7. The fraction of sp³-hybridized carbons (Fsp3) is 0.600. The summed E-state index contributed by atoms with van der Waals surface area (Å²) >= 11 is 0. The van der Waals surface area contributed by atoms with Crippen molar-refractivity contribution in [3.8, 4) is 11.5 Å². The Morgan fingerprint density at radius 3 is 2.52 bits per heavy atom. The smallest absolute Gasteiger partial charge is 0.317 e. The lowest BCUT2D eigenvalue weighted by Crippen LogP contribution is -2.51. The van der Waals surface area contributed by atoms with Gasteiger partial charge in [0.05, 0.1) is 20.1 Å². The maximum Gasteiger partial charge on any atom is 0.317 e. The van der Waals surface area contributed by atoms with Gasteiger partial charge in [0.2, 0.25) is 5.91 Å². The van der Waals surface area contributed by atoms with Crippen molar-refractivity contribution in [3.05, 3.63) is 23.8 Å². The molecule has 3 amide bonds. The molecule has 7 nitrogen and oxygen atoms in total. The van der Waals surface area contributed by atoms with E-state index in [1.54, 1.807) is 19.1 Å². The van der Waals surface area contributed by atoms with Gasteiger partial charge in [0.1, 0.15) is 0 Å². The van der Waals surface area contributed by atoms with Crippen LogP contribution in [0, 0.1) is 5.92 Å². The standard InChI is InChI=1S/C20H29N3O4/c1-4-21-20(25)23-11-14(9-15(12-23)19(24)22-16-6-7-16)13-5-8-17(26-2)18(10-13)27-3/h5,8,10,14-16H,4,6-7,9,11-12H2,1-3H3,(H,21,25)(H,22,24). The minimum absolute atomic E-state index is 0.0528. The molecule has 2 unspecified atom stereocenters. The molecule has 1 saturated carbocycles. The summed E-state index contributed by atoms with van der Waals surface area (Å²) < 4.78 is 10.7. The Hall–Kier alpha value is -2.44. The molecule has 1 aromatic carbocycles. The van der Waals surface area contributed by atoms with Gasteiger partial charge in [0, 0.05) is 31.6 Å². The Labute approximate surface area is 160 Å². The van der Waals surface area contributed by atoms with Gasteiger partial charge >= 0.3 is 6.03 Å². The number of piperidine rings is 1. The van der Waals surface area contributed by atoms with Crippen LogP contribution in [0.5, 0.6) is 11.5 Å². The third-order valence-corrected chi connectivity index (χ3v) is 5.24. The van der Waals surface area contributed by atoms with E-state index in [9.17, 15) is 9.59 Å². The predicted molar refractivity (Wildman–Crippen MR) is 102 cm³/mol. The van der Waals surface area contributed by atoms with E-state index < -0.39 is 0 Å². The molecule has 1 saturated heterocycles. The molecule has 7 heteroatoms. The number of amides is 3. The van der Waals surface area contributed by atoms with Crippen LogP contribution in [0.3, 0.4) is 0 Å². The fourth-order valence-electron chi connectivity index (χ4n) is 3.61. The summed E-state index contributed by atoms with van der Waals surface area (Å²) in [5.41, 5.74) is 1.05. The van der Waals surface area contributed by atoms with Gasteiger partial charge in [0.25, 0.3) is 0 Å². The van der Waals surface area contributed by atoms with Gasteiger partial charge in [-0.2, -0.15) is 0 Å². The third kappa shape index (κ3) is 4.64. The van der Waals surface area contributed by atoms with E-state index in [1.807, 2.05) is 25.1 Å². The molecule has 27 heavy (non-hydrogen) atoms. The highest BCUT2D eigenvalue weighted by molar-refractivity contribution is 5.81. The number of urea groups is 1. The summed E-state index contributed by atoms with van der Waals surface area (Å²) in [5, 5.41) is 5.94. The van der Waals surface area contributed by atoms with Crippen LogP contribution in [0.2, 0.25) is 0 Å². The summed E-state index contributed by atoms with van der Waals surface area (Å²) in [6, 6.07) is 6.01. The van der Waals surface area contributed by atoms with Crippen molar-refractivity contribution in [1.29, 1.82) is 0 Å². The fourth-order valence-corrected chi connectivity index (χ4v) is 3.61. The van der Waals surface area contributed by atoms with Crippen LogP contribution in [-0.2, 0) is 4.79 Å². The largest absolute Gasteiger partial charge is 0.493 e. The second-order valence-corrected chi connectivity index (χ2v) is 7.27. The highest BCUT2D eigenvalue weighted by atomic mass is 16.5. The quantitative estimate of drug-likeness (QED) is 0.798. The zero-order valence-electron chi connectivity index (χ0n) is 16.3.